The molecule has 4 heterocycles. The molecule has 0 radical (unpaired) electrons. The average Bonchev–Trinajstić information content (AvgIpc) is 3.26. The fraction of sp³-hybridized carbons (Fsp3) is 0.296. The molecule has 0 saturated carbocycles. The Kier molecular flexibility index (Phi) is 6.02. The van der Waals surface area contributed by atoms with Gasteiger partial charge in [0.05, 0.1) is 17.4 Å². The van der Waals surface area contributed by atoms with Gasteiger partial charge >= 0.3 is 6.03 Å². The van der Waals surface area contributed by atoms with Crippen molar-refractivity contribution >= 4 is 35.1 Å². The maximum absolute atomic E-state index is 13.4. The molecule has 2 aromatic carbocycles. The van der Waals surface area contributed by atoms with Gasteiger partial charge in [0.2, 0.25) is 5.91 Å². The van der Waals surface area contributed by atoms with Crippen LogP contribution in [0.2, 0.25) is 0 Å². The molecule has 0 aliphatic carbocycles. The van der Waals surface area contributed by atoms with E-state index in [0.29, 0.717) is 5.75 Å². The van der Waals surface area contributed by atoms with E-state index >= 15 is 0 Å². The van der Waals surface area contributed by atoms with Crippen LogP contribution in [0.3, 0.4) is 0 Å². The number of rotatable bonds is 5. The van der Waals surface area contributed by atoms with Gasteiger partial charge in [-0.25, -0.2) is 9.78 Å². The predicted octanol–water partition coefficient (Wildman–Crippen LogP) is 4.43. The van der Waals surface area contributed by atoms with E-state index in [2.05, 4.69) is 20.9 Å². The van der Waals surface area contributed by atoms with Gasteiger partial charge in [-0.3, -0.25) is 9.69 Å². The molecule has 3 unspecified atom stereocenters. The van der Waals surface area contributed by atoms with E-state index < -0.39 is 11.3 Å². The first-order valence-electron chi connectivity index (χ1n) is 12.2. The molecule has 3 amide bonds. The van der Waals surface area contributed by atoms with E-state index in [9.17, 15) is 9.59 Å². The van der Waals surface area contributed by atoms with Gasteiger partial charge in [-0.1, -0.05) is 30.0 Å². The van der Waals surface area contributed by atoms with Gasteiger partial charge in [-0.05, 0) is 68.3 Å². The average molecular weight is 502 g/mol. The molecule has 1 saturated heterocycles. The second-order valence-corrected chi connectivity index (χ2v) is 10.4. The number of nitrogens with zero attached hydrogens (tertiary/aromatic N) is 2. The lowest BCUT2D eigenvalue weighted by atomic mass is 9.99. The first-order chi connectivity index (χ1) is 17.6. The Hall–Kier alpha value is -3.56. The summed E-state index contributed by atoms with van der Waals surface area (Å²) >= 11 is 1.42. The molecule has 9 heteroatoms. The smallest absolute Gasteiger partial charge is 0.327 e. The summed E-state index contributed by atoms with van der Waals surface area (Å²) in [5.74, 6) is 1.39. The fourth-order valence-electron chi connectivity index (χ4n) is 5.09. The minimum Gasteiger partial charge on any atom is -0.457 e. The highest BCUT2D eigenvalue weighted by Gasteiger charge is 2.47. The summed E-state index contributed by atoms with van der Waals surface area (Å²) in [6, 6.07) is 16.5. The molecule has 184 valence electrons. The number of thioether (sulfide) groups is 1. The lowest BCUT2D eigenvalue weighted by molar-refractivity contribution is -0.121. The van der Waals surface area contributed by atoms with Crippen molar-refractivity contribution in [1.82, 2.24) is 20.9 Å². The standard InChI is InChI=1S/C27H27N5O3S/c1-16-14-19(35-18-7-3-2-4-8-18)9-10-20(16)32-21-11-13-29-26-22(21)23(31-27(32)34)24(36-26)25(33)30-17-6-5-12-28-15-17/h2-4,7-11,13-14,17,23-24,28H,5-6,12,15H2,1H3,(H,30,33)(H,31,34). The quantitative estimate of drug-likeness (QED) is 0.479. The predicted molar refractivity (Wildman–Crippen MR) is 139 cm³/mol. The Bertz CT molecular complexity index is 1310. The van der Waals surface area contributed by atoms with Crippen LogP contribution in [0, 0.1) is 6.92 Å². The highest BCUT2D eigenvalue weighted by molar-refractivity contribution is 8.01. The van der Waals surface area contributed by atoms with E-state index in [0.717, 1.165) is 59.2 Å². The van der Waals surface area contributed by atoms with Crippen LogP contribution in [0.15, 0.2) is 65.8 Å². The summed E-state index contributed by atoms with van der Waals surface area (Å²) in [7, 11) is 0. The first-order valence-corrected chi connectivity index (χ1v) is 13.1. The summed E-state index contributed by atoms with van der Waals surface area (Å²) in [6.07, 6.45) is 3.70. The second-order valence-electron chi connectivity index (χ2n) is 9.27. The third-order valence-electron chi connectivity index (χ3n) is 6.80. The van der Waals surface area contributed by atoms with Gasteiger partial charge in [0, 0.05) is 24.3 Å². The number of anilines is 2. The van der Waals surface area contributed by atoms with E-state index in [-0.39, 0.29) is 18.0 Å². The molecule has 3 aliphatic heterocycles. The van der Waals surface area contributed by atoms with E-state index in [1.165, 1.54) is 11.8 Å². The summed E-state index contributed by atoms with van der Waals surface area (Å²) in [5, 5.41) is 9.92. The largest absolute Gasteiger partial charge is 0.457 e. The van der Waals surface area contributed by atoms with E-state index in [1.807, 2.05) is 61.5 Å². The Balaban J connectivity index is 1.27. The maximum Gasteiger partial charge on any atom is 0.327 e. The minimum absolute atomic E-state index is 0.0602. The van der Waals surface area contributed by atoms with Gasteiger partial charge in [0.1, 0.15) is 21.8 Å². The molecule has 1 aromatic heterocycles. The zero-order valence-electron chi connectivity index (χ0n) is 19.9. The molecule has 1 fully saturated rings. The van der Waals surface area contributed by atoms with E-state index in [1.54, 1.807) is 11.1 Å². The summed E-state index contributed by atoms with van der Waals surface area (Å²) in [5.41, 5.74) is 3.31. The van der Waals surface area contributed by atoms with Crippen molar-refractivity contribution in [3.63, 3.8) is 0 Å². The van der Waals surface area contributed by atoms with Gasteiger partial charge in [-0.15, -0.1) is 0 Å². The number of nitrogens with one attached hydrogen (secondary N) is 3. The van der Waals surface area contributed by atoms with Crippen molar-refractivity contribution in [2.24, 2.45) is 0 Å². The van der Waals surface area contributed by atoms with Crippen LogP contribution in [0.4, 0.5) is 16.2 Å². The normalized spacial score (nSPS) is 22.5. The lowest BCUT2D eigenvalue weighted by Gasteiger charge is -2.35. The topological polar surface area (TPSA) is 95.6 Å². The summed E-state index contributed by atoms with van der Waals surface area (Å²) in [6.45, 7) is 3.71. The van der Waals surface area contributed by atoms with Crippen molar-refractivity contribution < 1.29 is 14.3 Å². The number of benzene rings is 2. The van der Waals surface area contributed by atoms with Crippen LogP contribution in [0.1, 0.15) is 30.0 Å². The summed E-state index contributed by atoms with van der Waals surface area (Å²) in [4.78, 5) is 32.9. The van der Waals surface area contributed by atoms with Gasteiger partial charge in [0.25, 0.3) is 0 Å². The Morgan fingerprint density at radius 2 is 2.00 bits per heavy atom. The number of carbonyl (C=O) groups excluding carboxylic acids is 2. The number of amides is 3. The molecule has 3 aliphatic rings. The van der Waals surface area contributed by atoms with E-state index in [4.69, 9.17) is 4.74 Å². The number of para-hydroxylation sites is 1. The van der Waals surface area contributed by atoms with Crippen molar-refractivity contribution in [1.29, 1.82) is 0 Å². The third-order valence-corrected chi connectivity index (χ3v) is 8.08. The monoisotopic (exact) mass is 501 g/mol. The highest BCUT2D eigenvalue weighted by Crippen LogP contribution is 2.51. The zero-order chi connectivity index (χ0) is 24.6. The van der Waals surface area contributed by atoms with Crippen LogP contribution < -0.4 is 25.6 Å². The fourth-order valence-corrected chi connectivity index (χ4v) is 6.33. The van der Waals surface area contributed by atoms with Crippen LogP contribution >= 0.6 is 11.8 Å². The lowest BCUT2D eigenvalue weighted by Crippen LogP contribution is -2.52. The molecular weight excluding hydrogens is 474 g/mol. The van der Waals surface area contributed by atoms with Crippen LogP contribution in [0.25, 0.3) is 0 Å². The number of hydrogen-bond donors (Lipinski definition) is 3. The Morgan fingerprint density at radius 1 is 1.14 bits per heavy atom. The number of hydrogen-bond acceptors (Lipinski definition) is 6. The number of piperidine rings is 1. The van der Waals surface area contributed by atoms with Crippen LogP contribution in [-0.4, -0.2) is 41.3 Å². The first kappa shape index (κ1) is 22.9. The van der Waals surface area contributed by atoms with Crippen LogP contribution in [0.5, 0.6) is 11.5 Å². The van der Waals surface area contributed by atoms with Crippen LogP contribution in [-0.2, 0) is 4.79 Å². The number of ether oxygens (including phenoxy) is 1. The number of urea groups is 1. The maximum atomic E-state index is 13.4. The van der Waals surface area contributed by atoms with Crippen molar-refractivity contribution in [3.05, 3.63) is 71.9 Å². The minimum atomic E-state index is -0.454. The third kappa shape index (κ3) is 4.18. The SMILES string of the molecule is Cc1cc(Oc2ccccc2)ccc1N1C(=O)NC2c3c1ccnc3SC2C(=O)NC1CCCNC1. The molecule has 3 N–H and O–H groups in total. The molecule has 0 spiro atoms. The number of aromatic nitrogens is 1. The molecule has 6 rings (SSSR count). The van der Waals surface area contributed by atoms with Crippen molar-refractivity contribution in [3.8, 4) is 11.5 Å². The molecule has 3 aromatic rings. The zero-order valence-corrected chi connectivity index (χ0v) is 20.7. The molecule has 3 atom stereocenters. The molecule has 36 heavy (non-hydrogen) atoms. The number of aryl methyl sites for hydroxylation is 1. The molecule has 8 nitrogen and oxygen atoms in total. The second kappa shape index (κ2) is 9.48. The molecular formula is C27H27N5O3S. The Labute approximate surface area is 213 Å². The molecule has 0 bridgehead atoms. The van der Waals surface area contributed by atoms with Gasteiger partial charge in [0.15, 0.2) is 0 Å². The van der Waals surface area contributed by atoms with Gasteiger partial charge in [-0.2, -0.15) is 0 Å². The number of carbonyl (C=O) groups is 2. The van der Waals surface area contributed by atoms with Crippen molar-refractivity contribution in [2.75, 3.05) is 18.0 Å². The summed E-state index contributed by atoms with van der Waals surface area (Å²) < 4.78 is 5.97. The van der Waals surface area contributed by atoms with Crippen molar-refractivity contribution in [2.45, 2.75) is 42.1 Å². The Morgan fingerprint density at radius 3 is 2.78 bits per heavy atom. The highest BCUT2D eigenvalue weighted by atomic mass is 32.2. The number of pyridine rings is 1. The van der Waals surface area contributed by atoms with Gasteiger partial charge < -0.3 is 20.7 Å².